The van der Waals surface area contributed by atoms with E-state index in [0.717, 1.165) is 5.69 Å². The van der Waals surface area contributed by atoms with Crippen LogP contribution in [0.4, 0.5) is 16.2 Å². The minimum absolute atomic E-state index is 0.232. The van der Waals surface area contributed by atoms with Gasteiger partial charge in [-0.15, -0.1) is 0 Å². The van der Waals surface area contributed by atoms with Crippen molar-refractivity contribution in [1.29, 1.82) is 0 Å². The van der Waals surface area contributed by atoms with Gasteiger partial charge in [0.25, 0.3) is 0 Å². The highest BCUT2D eigenvalue weighted by atomic mass is 35.5. The Morgan fingerprint density at radius 3 is 1.95 bits per heavy atom. The number of anilines is 2. The summed E-state index contributed by atoms with van der Waals surface area (Å²) >= 11 is 11.6. The second-order valence-corrected chi connectivity index (χ2v) is 4.85. The maximum atomic E-state index is 12.0. The Bertz CT molecular complexity index is 567. The molecule has 0 atom stereocenters. The molecule has 0 bridgehead atoms. The van der Waals surface area contributed by atoms with Crippen molar-refractivity contribution in [3.8, 4) is 0 Å². The van der Waals surface area contributed by atoms with E-state index in [4.69, 9.17) is 23.2 Å². The number of carbonyl (C=O) groups excluding carboxylic acids is 1. The fraction of sp³-hybridized carbons (Fsp3) is 0.0714. The molecule has 0 aliphatic carbocycles. The lowest BCUT2D eigenvalue weighted by atomic mass is 10.3. The highest BCUT2D eigenvalue weighted by Gasteiger charge is 2.10. The molecule has 2 aromatic rings. The normalized spacial score (nSPS) is 10.1. The van der Waals surface area contributed by atoms with Crippen molar-refractivity contribution < 1.29 is 4.79 Å². The number of hydrogen-bond donors (Lipinski definition) is 1. The van der Waals surface area contributed by atoms with Gasteiger partial charge in [0.15, 0.2) is 0 Å². The molecule has 0 radical (unpaired) electrons. The van der Waals surface area contributed by atoms with Crippen molar-refractivity contribution in [2.24, 2.45) is 0 Å². The van der Waals surface area contributed by atoms with Crippen molar-refractivity contribution in [2.75, 3.05) is 17.3 Å². The third kappa shape index (κ3) is 3.63. The molecular weight excluding hydrogens is 283 g/mol. The van der Waals surface area contributed by atoms with Crippen LogP contribution in [0.25, 0.3) is 0 Å². The van der Waals surface area contributed by atoms with E-state index < -0.39 is 0 Å². The molecule has 19 heavy (non-hydrogen) atoms. The van der Waals surface area contributed by atoms with Crippen molar-refractivity contribution in [2.45, 2.75) is 0 Å². The first-order valence-corrected chi connectivity index (χ1v) is 6.38. The van der Waals surface area contributed by atoms with Gasteiger partial charge in [0, 0.05) is 28.5 Å². The van der Waals surface area contributed by atoms with Crippen LogP contribution in [0.1, 0.15) is 0 Å². The second-order valence-electron chi connectivity index (χ2n) is 3.97. The first-order valence-electron chi connectivity index (χ1n) is 5.62. The predicted octanol–water partition coefficient (Wildman–Crippen LogP) is 4.66. The average molecular weight is 295 g/mol. The van der Waals surface area contributed by atoms with Gasteiger partial charge in [-0.25, -0.2) is 4.79 Å². The summed E-state index contributed by atoms with van der Waals surface area (Å²) in [6.45, 7) is 0. The van der Waals surface area contributed by atoms with Gasteiger partial charge in [0.1, 0.15) is 0 Å². The molecule has 0 fully saturated rings. The number of hydrogen-bond acceptors (Lipinski definition) is 1. The highest BCUT2D eigenvalue weighted by molar-refractivity contribution is 6.31. The first-order chi connectivity index (χ1) is 9.06. The molecule has 3 nitrogen and oxygen atoms in total. The summed E-state index contributed by atoms with van der Waals surface area (Å²) in [4.78, 5) is 13.5. The van der Waals surface area contributed by atoms with E-state index in [1.807, 2.05) is 0 Å². The molecule has 2 rings (SSSR count). The highest BCUT2D eigenvalue weighted by Crippen LogP contribution is 2.18. The van der Waals surface area contributed by atoms with E-state index in [0.29, 0.717) is 15.7 Å². The second kappa shape index (κ2) is 5.95. The Morgan fingerprint density at radius 1 is 0.947 bits per heavy atom. The van der Waals surface area contributed by atoms with Gasteiger partial charge < -0.3 is 5.32 Å². The number of rotatable bonds is 2. The molecule has 5 heteroatoms. The molecule has 0 aliphatic heterocycles. The number of carbonyl (C=O) groups is 1. The molecule has 0 aromatic heterocycles. The van der Waals surface area contributed by atoms with Crippen molar-refractivity contribution in [3.63, 3.8) is 0 Å². The quantitative estimate of drug-likeness (QED) is 0.858. The Labute approximate surface area is 121 Å². The van der Waals surface area contributed by atoms with Gasteiger partial charge >= 0.3 is 6.03 Å². The molecule has 98 valence electrons. The van der Waals surface area contributed by atoms with E-state index in [-0.39, 0.29) is 6.03 Å². The van der Waals surface area contributed by atoms with Gasteiger partial charge in [-0.3, -0.25) is 4.90 Å². The first kappa shape index (κ1) is 13.7. The predicted molar refractivity (Wildman–Crippen MR) is 80.3 cm³/mol. The van der Waals surface area contributed by atoms with Crippen molar-refractivity contribution in [3.05, 3.63) is 58.6 Å². The summed E-state index contributed by atoms with van der Waals surface area (Å²) in [5, 5.41) is 4.04. The van der Waals surface area contributed by atoms with Gasteiger partial charge in [-0.1, -0.05) is 23.2 Å². The zero-order chi connectivity index (χ0) is 13.8. The van der Waals surface area contributed by atoms with Gasteiger partial charge in [-0.2, -0.15) is 0 Å². The topological polar surface area (TPSA) is 32.3 Å². The number of nitrogens with one attached hydrogen (secondary N) is 1. The monoisotopic (exact) mass is 294 g/mol. The third-order valence-electron chi connectivity index (χ3n) is 2.61. The van der Waals surface area contributed by atoms with E-state index in [1.54, 1.807) is 55.6 Å². The molecule has 2 amide bonds. The van der Waals surface area contributed by atoms with Crippen LogP contribution < -0.4 is 10.2 Å². The summed E-state index contributed by atoms with van der Waals surface area (Å²) in [5.74, 6) is 0. The van der Waals surface area contributed by atoms with Crippen LogP contribution in [-0.4, -0.2) is 13.1 Å². The number of benzene rings is 2. The molecule has 1 N–H and O–H groups in total. The maximum absolute atomic E-state index is 12.0. The smallest absolute Gasteiger partial charge is 0.308 e. The molecular formula is C14H12Cl2N2O. The van der Waals surface area contributed by atoms with Crippen LogP contribution in [0.2, 0.25) is 10.0 Å². The van der Waals surface area contributed by atoms with E-state index in [1.165, 1.54) is 4.90 Å². The molecule has 0 heterocycles. The molecule has 0 aliphatic rings. The molecule has 2 aromatic carbocycles. The summed E-state index contributed by atoms with van der Waals surface area (Å²) < 4.78 is 0. The Kier molecular flexibility index (Phi) is 4.30. The number of urea groups is 1. The van der Waals surface area contributed by atoms with Crippen LogP contribution in [0.15, 0.2) is 48.5 Å². The maximum Gasteiger partial charge on any atom is 0.326 e. The fourth-order valence-electron chi connectivity index (χ4n) is 1.52. The van der Waals surface area contributed by atoms with Crippen LogP contribution in [-0.2, 0) is 0 Å². The van der Waals surface area contributed by atoms with Crippen molar-refractivity contribution in [1.82, 2.24) is 0 Å². The molecule has 0 saturated carbocycles. The number of halogens is 2. The lowest BCUT2D eigenvalue weighted by Crippen LogP contribution is -2.31. The fourth-order valence-corrected chi connectivity index (χ4v) is 1.77. The standard InChI is InChI=1S/C14H12Cl2N2O/c1-18(13-8-4-11(16)5-9-13)14(19)17-12-6-2-10(15)3-7-12/h2-9H,1H3,(H,17,19). The summed E-state index contributed by atoms with van der Waals surface area (Å²) in [5.41, 5.74) is 1.45. The molecule has 0 saturated heterocycles. The summed E-state index contributed by atoms with van der Waals surface area (Å²) in [6.07, 6.45) is 0. The van der Waals surface area contributed by atoms with E-state index in [2.05, 4.69) is 5.32 Å². The Hall–Kier alpha value is -1.71. The Balaban J connectivity index is 2.07. The average Bonchev–Trinajstić information content (AvgIpc) is 2.41. The van der Waals surface area contributed by atoms with Crippen LogP contribution in [0.5, 0.6) is 0 Å². The SMILES string of the molecule is CN(C(=O)Nc1ccc(Cl)cc1)c1ccc(Cl)cc1. The lowest BCUT2D eigenvalue weighted by Gasteiger charge is -2.18. The summed E-state index contributed by atoms with van der Waals surface area (Å²) in [7, 11) is 1.69. The lowest BCUT2D eigenvalue weighted by molar-refractivity contribution is 0.258. The van der Waals surface area contributed by atoms with E-state index >= 15 is 0 Å². The van der Waals surface area contributed by atoms with Gasteiger partial charge in [0.2, 0.25) is 0 Å². The van der Waals surface area contributed by atoms with Gasteiger partial charge in [-0.05, 0) is 48.5 Å². The third-order valence-corrected chi connectivity index (χ3v) is 3.12. The van der Waals surface area contributed by atoms with Crippen LogP contribution >= 0.6 is 23.2 Å². The zero-order valence-corrected chi connectivity index (χ0v) is 11.7. The molecule has 0 unspecified atom stereocenters. The minimum Gasteiger partial charge on any atom is -0.308 e. The minimum atomic E-state index is -0.232. The van der Waals surface area contributed by atoms with Crippen LogP contribution in [0.3, 0.4) is 0 Å². The largest absolute Gasteiger partial charge is 0.326 e. The Morgan fingerprint density at radius 2 is 1.42 bits per heavy atom. The van der Waals surface area contributed by atoms with E-state index in [9.17, 15) is 4.79 Å². The number of nitrogens with zero attached hydrogens (tertiary/aromatic N) is 1. The zero-order valence-electron chi connectivity index (χ0n) is 10.2. The number of amides is 2. The summed E-state index contributed by atoms with van der Waals surface area (Å²) in [6, 6.07) is 13.7. The van der Waals surface area contributed by atoms with Crippen LogP contribution in [0, 0.1) is 0 Å². The van der Waals surface area contributed by atoms with Crippen molar-refractivity contribution >= 4 is 40.6 Å². The van der Waals surface area contributed by atoms with Gasteiger partial charge in [0.05, 0.1) is 0 Å². The molecule has 0 spiro atoms.